The van der Waals surface area contributed by atoms with E-state index in [2.05, 4.69) is 26.1 Å². The largest absolute Gasteiger partial charge is 0.451 e. The number of nitrogens with one attached hydrogen (secondary N) is 1. The first-order valence-corrected chi connectivity index (χ1v) is 12.2. The maximum atomic E-state index is 13.1. The molecule has 3 atom stereocenters. The molecule has 3 aliphatic rings. The molecule has 9 nitrogen and oxygen atoms in total. The van der Waals surface area contributed by atoms with Gasteiger partial charge in [-0.15, -0.1) is 0 Å². The van der Waals surface area contributed by atoms with E-state index in [4.69, 9.17) is 9.47 Å². The molecule has 9 heteroatoms. The average Bonchev–Trinajstić information content (AvgIpc) is 2.96. The van der Waals surface area contributed by atoms with Crippen molar-refractivity contribution in [3.05, 3.63) is 0 Å². The quantitative estimate of drug-likeness (QED) is 0.477. The Bertz CT molecular complexity index is 779. The van der Waals surface area contributed by atoms with Crippen molar-refractivity contribution in [1.29, 1.82) is 0 Å². The summed E-state index contributed by atoms with van der Waals surface area (Å²) in [4.78, 5) is 53.5. The number of carbonyl (C=O) groups is 4. The van der Waals surface area contributed by atoms with Gasteiger partial charge in [0, 0.05) is 13.1 Å². The van der Waals surface area contributed by atoms with E-state index >= 15 is 0 Å². The Hall–Kier alpha value is -2.16. The molecule has 2 aliphatic heterocycles. The summed E-state index contributed by atoms with van der Waals surface area (Å²) in [6.07, 6.45) is 2.71. The number of nitrogens with zero attached hydrogens (tertiary/aromatic N) is 2. The molecule has 0 aromatic heterocycles. The third-order valence-corrected chi connectivity index (χ3v) is 7.78. The van der Waals surface area contributed by atoms with Gasteiger partial charge in [0.25, 0.3) is 11.8 Å². The van der Waals surface area contributed by atoms with Crippen molar-refractivity contribution in [1.82, 2.24) is 15.1 Å². The van der Waals surface area contributed by atoms with Crippen LogP contribution in [-0.4, -0.2) is 77.1 Å². The summed E-state index contributed by atoms with van der Waals surface area (Å²) in [5.41, 5.74) is -0.741. The lowest BCUT2D eigenvalue weighted by atomic mass is 9.65. The zero-order chi connectivity index (χ0) is 24.6. The summed E-state index contributed by atoms with van der Waals surface area (Å²) in [5, 5.41) is 2.84. The third-order valence-electron chi connectivity index (χ3n) is 7.78. The fourth-order valence-electron chi connectivity index (χ4n) is 5.37. The van der Waals surface area contributed by atoms with Crippen LogP contribution in [0.4, 0.5) is 4.79 Å². The summed E-state index contributed by atoms with van der Waals surface area (Å²) in [6.45, 7) is 12.3. The highest BCUT2D eigenvalue weighted by atomic mass is 16.5. The van der Waals surface area contributed by atoms with E-state index in [-0.39, 0.29) is 29.4 Å². The van der Waals surface area contributed by atoms with E-state index in [0.717, 1.165) is 24.2 Å². The summed E-state index contributed by atoms with van der Waals surface area (Å²) in [5.74, 6) is -0.955. The maximum Gasteiger partial charge on any atom is 0.327 e. The molecule has 0 aromatic carbocycles. The first kappa shape index (κ1) is 25.5. The van der Waals surface area contributed by atoms with Gasteiger partial charge in [0.1, 0.15) is 12.1 Å². The lowest BCUT2D eigenvalue weighted by Crippen LogP contribution is -2.52. The Labute approximate surface area is 196 Å². The number of hydrogen-bond acceptors (Lipinski definition) is 6. The van der Waals surface area contributed by atoms with Gasteiger partial charge in [0.2, 0.25) is 0 Å². The Morgan fingerprint density at radius 3 is 2.30 bits per heavy atom. The first-order chi connectivity index (χ1) is 15.4. The van der Waals surface area contributed by atoms with Crippen LogP contribution in [0, 0.1) is 11.3 Å². The van der Waals surface area contributed by atoms with Crippen LogP contribution >= 0.6 is 0 Å². The second-order valence-electron chi connectivity index (χ2n) is 10.7. The molecule has 2 heterocycles. The van der Waals surface area contributed by atoms with Crippen LogP contribution in [0.3, 0.4) is 0 Å². The third kappa shape index (κ3) is 5.34. The van der Waals surface area contributed by atoms with Gasteiger partial charge in [0.05, 0.1) is 12.2 Å². The molecule has 1 aliphatic carbocycles. The van der Waals surface area contributed by atoms with Gasteiger partial charge in [0.15, 0.2) is 6.10 Å². The lowest BCUT2D eigenvalue weighted by Gasteiger charge is -2.42. The van der Waals surface area contributed by atoms with E-state index in [1.54, 1.807) is 4.90 Å². The monoisotopic (exact) mass is 465 g/mol. The van der Waals surface area contributed by atoms with Crippen LogP contribution in [-0.2, 0) is 23.9 Å². The Kier molecular flexibility index (Phi) is 7.41. The van der Waals surface area contributed by atoms with Crippen LogP contribution in [0.15, 0.2) is 0 Å². The van der Waals surface area contributed by atoms with Crippen molar-refractivity contribution < 1.29 is 28.7 Å². The molecule has 2 saturated heterocycles. The second-order valence-corrected chi connectivity index (χ2v) is 10.7. The minimum absolute atomic E-state index is 0.0966. The highest BCUT2D eigenvalue weighted by Gasteiger charge is 2.54. The van der Waals surface area contributed by atoms with Gasteiger partial charge in [-0.1, -0.05) is 27.2 Å². The Morgan fingerprint density at radius 2 is 1.76 bits per heavy atom. The predicted octanol–water partition coefficient (Wildman–Crippen LogP) is 2.47. The van der Waals surface area contributed by atoms with Crippen molar-refractivity contribution in [3.63, 3.8) is 0 Å². The van der Waals surface area contributed by atoms with E-state index in [0.29, 0.717) is 31.8 Å². The van der Waals surface area contributed by atoms with Crippen LogP contribution in [0.1, 0.15) is 73.6 Å². The molecule has 4 amide bonds. The molecular formula is C24H39N3O6. The van der Waals surface area contributed by atoms with Crippen LogP contribution in [0.5, 0.6) is 0 Å². The second kappa shape index (κ2) is 9.60. The molecule has 1 spiro atoms. The summed E-state index contributed by atoms with van der Waals surface area (Å²) in [7, 11) is 0. The van der Waals surface area contributed by atoms with Gasteiger partial charge in [-0.3, -0.25) is 19.3 Å². The van der Waals surface area contributed by atoms with Crippen molar-refractivity contribution in [2.75, 3.05) is 19.6 Å². The average molecular weight is 466 g/mol. The number of morpholine rings is 1. The molecule has 3 unspecified atom stereocenters. The predicted molar refractivity (Wildman–Crippen MR) is 121 cm³/mol. The lowest BCUT2D eigenvalue weighted by molar-refractivity contribution is -0.165. The van der Waals surface area contributed by atoms with Gasteiger partial charge < -0.3 is 19.7 Å². The summed E-state index contributed by atoms with van der Waals surface area (Å²) in [6, 6.07) is -0.569. The SMILES string of the molecule is CCC(C)(C)C1CCC2(CC1)NC(=O)N(CC(=O)OC(C)C(=O)N1CC(C)OC(C)C1)C2=O. The minimum Gasteiger partial charge on any atom is -0.451 e. The topological polar surface area (TPSA) is 105 Å². The Balaban J connectivity index is 1.55. The van der Waals surface area contributed by atoms with E-state index in [1.807, 2.05) is 13.8 Å². The summed E-state index contributed by atoms with van der Waals surface area (Å²) < 4.78 is 10.9. The van der Waals surface area contributed by atoms with Crippen molar-refractivity contribution in [3.8, 4) is 0 Å². The normalized spacial score (nSPS) is 31.5. The zero-order valence-corrected chi connectivity index (χ0v) is 20.8. The van der Waals surface area contributed by atoms with Gasteiger partial charge in [-0.05, 0) is 57.8 Å². The van der Waals surface area contributed by atoms with Crippen molar-refractivity contribution in [2.45, 2.75) is 97.5 Å². The molecule has 3 fully saturated rings. The molecule has 3 rings (SSSR count). The number of urea groups is 1. The van der Waals surface area contributed by atoms with Gasteiger partial charge >= 0.3 is 12.0 Å². The fourth-order valence-corrected chi connectivity index (χ4v) is 5.37. The highest BCUT2D eigenvalue weighted by molar-refractivity contribution is 6.08. The molecule has 1 saturated carbocycles. The molecule has 0 bridgehead atoms. The van der Waals surface area contributed by atoms with Crippen LogP contribution in [0.2, 0.25) is 0 Å². The summed E-state index contributed by atoms with van der Waals surface area (Å²) >= 11 is 0. The number of esters is 1. The highest BCUT2D eigenvalue weighted by Crippen LogP contribution is 2.45. The molecular weight excluding hydrogens is 426 g/mol. The van der Waals surface area contributed by atoms with Gasteiger partial charge in [-0.2, -0.15) is 0 Å². The molecule has 1 N–H and O–H groups in total. The van der Waals surface area contributed by atoms with Crippen LogP contribution in [0.25, 0.3) is 0 Å². The fraction of sp³-hybridized carbons (Fsp3) is 0.833. The van der Waals surface area contributed by atoms with E-state index in [9.17, 15) is 19.2 Å². The number of ether oxygens (including phenoxy) is 2. The smallest absolute Gasteiger partial charge is 0.327 e. The Morgan fingerprint density at radius 1 is 1.18 bits per heavy atom. The number of hydrogen-bond donors (Lipinski definition) is 1. The van der Waals surface area contributed by atoms with Crippen molar-refractivity contribution >= 4 is 23.8 Å². The van der Waals surface area contributed by atoms with Gasteiger partial charge in [-0.25, -0.2) is 4.79 Å². The molecule has 0 aromatic rings. The molecule has 0 radical (unpaired) electrons. The van der Waals surface area contributed by atoms with Crippen LogP contribution < -0.4 is 5.32 Å². The maximum absolute atomic E-state index is 13.1. The first-order valence-electron chi connectivity index (χ1n) is 12.2. The minimum atomic E-state index is -1.00. The number of imide groups is 1. The van der Waals surface area contributed by atoms with E-state index < -0.39 is 30.2 Å². The number of carbonyl (C=O) groups excluding carboxylic acids is 4. The number of amides is 4. The zero-order valence-electron chi connectivity index (χ0n) is 20.8. The van der Waals surface area contributed by atoms with E-state index in [1.165, 1.54) is 6.92 Å². The van der Waals surface area contributed by atoms with Crippen molar-refractivity contribution in [2.24, 2.45) is 11.3 Å². The molecule has 186 valence electrons. The number of rotatable bonds is 6. The standard InChI is InChI=1S/C24H39N3O6/c1-7-23(5,6)18-8-10-24(11-9-18)21(30)27(22(31)25-24)14-19(28)33-17(4)20(29)26-12-15(2)32-16(3)13-26/h15-18H,7-14H2,1-6H3,(H,25,31). The molecule has 33 heavy (non-hydrogen) atoms.